The molecule has 1 aliphatic heterocycles. The molecule has 0 unspecified atom stereocenters. The van der Waals surface area contributed by atoms with E-state index in [1.54, 1.807) is 12.1 Å². The number of barbiturate groups is 1. The van der Waals surface area contributed by atoms with E-state index in [4.69, 9.17) is 0 Å². The van der Waals surface area contributed by atoms with Crippen molar-refractivity contribution in [2.24, 2.45) is 0 Å². The molecule has 2 aromatic carbocycles. The Bertz CT molecular complexity index is 1020. The molecule has 0 atom stereocenters. The minimum absolute atomic E-state index is 0.142. The fraction of sp³-hybridized carbons (Fsp3) is 0. The number of nitrogens with one attached hydrogen (secondary N) is 1. The molecule has 0 aromatic heterocycles. The molecule has 0 bridgehead atoms. The van der Waals surface area contributed by atoms with Crippen molar-refractivity contribution in [1.29, 1.82) is 0 Å². The highest BCUT2D eigenvalue weighted by molar-refractivity contribution is 9.10. The van der Waals surface area contributed by atoms with Crippen LogP contribution in [-0.2, 0) is 9.59 Å². The van der Waals surface area contributed by atoms with Crippen LogP contribution in [0.4, 0.5) is 16.2 Å². The van der Waals surface area contributed by atoms with Crippen LogP contribution in [0.15, 0.2) is 52.5 Å². The molecule has 27 heavy (non-hydrogen) atoms. The van der Waals surface area contributed by atoms with E-state index in [-0.39, 0.29) is 16.8 Å². The van der Waals surface area contributed by atoms with Crippen LogP contribution in [0.1, 0.15) is 5.56 Å². The number of aromatic hydroxyl groups is 1. The third kappa shape index (κ3) is 3.55. The van der Waals surface area contributed by atoms with Gasteiger partial charge in [0.15, 0.2) is 5.75 Å². The second-order valence-electron chi connectivity index (χ2n) is 5.44. The second-order valence-corrected chi connectivity index (χ2v) is 6.36. The van der Waals surface area contributed by atoms with Crippen molar-refractivity contribution >= 4 is 51.2 Å². The first-order chi connectivity index (χ1) is 12.8. The van der Waals surface area contributed by atoms with Crippen LogP contribution in [0.2, 0.25) is 0 Å². The van der Waals surface area contributed by atoms with Crippen molar-refractivity contribution in [3.05, 3.63) is 68.2 Å². The number of carbonyl (C=O) groups is 3. The van der Waals surface area contributed by atoms with Gasteiger partial charge in [-0.05, 0) is 42.0 Å². The number of benzene rings is 2. The Kier molecular flexibility index (Phi) is 4.74. The molecular weight excluding hydrogens is 422 g/mol. The van der Waals surface area contributed by atoms with E-state index < -0.39 is 34.2 Å². The summed E-state index contributed by atoms with van der Waals surface area (Å²) in [5.74, 6) is -2.34. The quantitative estimate of drug-likeness (QED) is 0.332. The van der Waals surface area contributed by atoms with Gasteiger partial charge in [-0.1, -0.05) is 22.0 Å². The molecule has 2 N–H and O–H groups in total. The molecule has 0 aliphatic carbocycles. The topological polar surface area (TPSA) is 130 Å². The second kappa shape index (κ2) is 7.00. The lowest BCUT2D eigenvalue weighted by Gasteiger charge is -2.26. The van der Waals surface area contributed by atoms with Crippen LogP contribution in [-0.4, -0.2) is 27.9 Å². The minimum Gasteiger partial charge on any atom is -0.502 e. The van der Waals surface area contributed by atoms with Crippen LogP contribution in [0.3, 0.4) is 0 Å². The molecule has 136 valence electrons. The predicted molar refractivity (Wildman–Crippen MR) is 97.9 cm³/mol. The van der Waals surface area contributed by atoms with Crippen LogP contribution >= 0.6 is 15.9 Å². The summed E-state index contributed by atoms with van der Waals surface area (Å²) in [6.07, 6.45) is 1.11. The molecule has 1 fully saturated rings. The minimum atomic E-state index is -0.922. The van der Waals surface area contributed by atoms with Gasteiger partial charge in [0, 0.05) is 10.5 Å². The van der Waals surface area contributed by atoms with Gasteiger partial charge in [-0.25, -0.2) is 9.69 Å². The first-order valence-corrected chi connectivity index (χ1v) is 8.21. The van der Waals surface area contributed by atoms with Crippen molar-refractivity contribution in [1.82, 2.24) is 5.32 Å². The maximum atomic E-state index is 12.7. The van der Waals surface area contributed by atoms with Crippen LogP contribution in [0, 0.1) is 10.1 Å². The molecule has 9 nitrogen and oxygen atoms in total. The summed E-state index contributed by atoms with van der Waals surface area (Å²) in [4.78, 5) is 47.8. The molecule has 2 aromatic rings. The van der Waals surface area contributed by atoms with Crippen LogP contribution < -0.4 is 10.2 Å². The summed E-state index contributed by atoms with van der Waals surface area (Å²) in [5.41, 5.74) is -0.565. The third-order valence-corrected chi connectivity index (χ3v) is 4.22. The summed E-state index contributed by atoms with van der Waals surface area (Å²) >= 11 is 3.24. The highest BCUT2D eigenvalue weighted by Gasteiger charge is 2.36. The number of phenolic OH excluding ortho intramolecular Hbond substituents is 1. The Morgan fingerprint density at radius 1 is 1.11 bits per heavy atom. The predicted octanol–water partition coefficient (Wildman–Crippen LogP) is 2.73. The Hall–Kier alpha value is -3.53. The molecule has 4 amide bonds. The highest BCUT2D eigenvalue weighted by atomic mass is 79.9. The van der Waals surface area contributed by atoms with Gasteiger partial charge in [-0.2, -0.15) is 0 Å². The average molecular weight is 432 g/mol. The number of nitrogens with zero attached hydrogens (tertiary/aromatic N) is 2. The number of carbonyl (C=O) groups excluding carboxylic acids is 3. The number of halogens is 1. The fourth-order valence-electron chi connectivity index (χ4n) is 2.43. The number of amides is 4. The van der Waals surface area contributed by atoms with Gasteiger partial charge in [0.05, 0.1) is 10.6 Å². The number of rotatable bonds is 3. The lowest BCUT2D eigenvalue weighted by molar-refractivity contribution is -0.385. The number of nitro groups is 1. The van der Waals surface area contributed by atoms with Crippen molar-refractivity contribution in [2.75, 3.05) is 4.90 Å². The molecule has 0 spiro atoms. The maximum Gasteiger partial charge on any atom is 0.335 e. The molecule has 3 rings (SSSR count). The summed E-state index contributed by atoms with van der Waals surface area (Å²) in [5, 5.41) is 22.5. The van der Waals surface area contributed by atoms with Gasteiger partial charge in [0.1, 0.15) is 5.57 Å². The first-order valence-electron chi connectivity index (χ1n) is 7.42. The maximum absolute atomic E-state index is 12.7. The summed E-state index contributed by atoms with van der Waals surface area (Å²) in [6.45, 7) is 0. The molecule has 1 aliphatic rings. The number of anilines is 1. The zero-order valence-corrected chi connectivity index (χ0v) is 15.0. The monoisotopic (exact) mass is 431 g/mol. The van der Waals surface area contributed by atoms with Gasteiger partial charge in [0.2, 0.25) is 0 Å². The Morgan fingerprint density at radius 2 is 1.78 bits per heavy atom. The fourth-order valence-corrected chi connectivity index (χ4v) is 2.69. The number of phenols is 1. The van der Waals surface area contributed by atoms with Gasteiger partial charge >= 0.3 is 11.7 Å². The normalized spacial score (nSPS) is 15.8. The smallest absolute Gasteiger partial charge is 0.335 e. The lowest BCUT2D eigenvalue weighted by atomic mass is 10.1. The first kappa shape index (κ1) is 18.3. The number of urea groups is 1. The van der Waals surface area contributed by atoms with Crippen LogP contribution in [0.5, 0.6) is 5.75 Å². The highest BCUT2D eigenvalue weighted by Crippen LogP contribution is 2.28. The molecule has 0 radical (unpaired) electrons. The van der Waals surface area contributed by atoms with E-state index in [1.807, 2.05) is 0 Å². The van der Waals surface area contributed by atoms with Crippen molar-refractivity contribution in [3.63, 3.8) is 0 Å². The zero-order valence-electron chi connectivity index (χ0n) is 13.4. The van der Waals surface area contributed by atoms with E-state index in [9.17, 15) is 29.6 Å². The number of nitro benzene ring substituents is 1. The van der Waals surface area contributed by atoms with Crippen LogP contribution in [0.25, 0.3) is 6.08 Å². The Morgan fingerprint density at radius 3 is 2.41 bits per heavy atom. The Labute approximate surface area is 160 Å². The van der Waals surface area contributed by atoms with E-state index >= 15 is 0 Å². The largest absolute Gasteiger partial charge is 0.502 e. The molecule has 1 saturated heterocycles. The average Bonchev–Trinajstić information content (AvgIpc) is 2.61. The van der Waals surface area contributed by atoms with Gasteiger partial charge in [0.25, 0.3) is 11.8 Å². The molecule has 1 heterocycles. The molecule has 0 saturated carbocycles. The lowest BCUT2D eigenvalue weighted by Crippen LogP contribution is -2.54. The summed E-state index contributed by atoms with van der Waals surface area (Å²) < 4.78 is 0.736. The molecule has 10 heteroatoms. The van der Waals surface area contributed by atoms with E-state index in [2.05, 4.69) is 21.2 Å². The number of imide groups is 2. The number of hydrogen-bond acceptors (Lipinski definition) is 6. The van der Waals surface area contributed by atoms with E-state index in [0.29, 0.717) is 0 Å². The van der Waals surface area contributed by atoms with Crippen molar-refractivity contribution in [2.45, 2.75) is 0 Å². The third-order valence-electron chi connectivity index (χ3n) is 3.69. The Balaban J connectivity index is 2.03. The van der Waals surface area contributed by atoms with E-state index in [0.717, 1.165) is 27.6 Å². The summed E-state index contributed by atoms with van der Waals surface area (Å²) in [6, 6.07) is 8.77. The SMILES string of the molecule is O=C1NC(=O)N(c2ccc(Br)cc2)C(=O)/C1=C\c1ccc(O)c([N+](=O)[O-])c1. The van der Waals surface area contributed by atoms with Crippen molar-refractivity contribution < 1.29 is 24.4 Å². The van der Waals surface area contributed by atoms with Gasteiger partial charge in [-0.3, -0.25) is 25.0 Å². The summed E-state index contributed by atoms with van der Waals surface area (Å²) in [7, 11) is 0. The number of hydrogen-bond donors (Lipinski definition) is 2. The van der Waals surface area contributed by atoms with Crippen molar-refractivity contribution in [3.8, 4) is 5.75 Å². The molecular formula is C17H10BrN3O6. The van der Waals surface area contributed by atoms with E-state index in [1.165, 1.54) is 18.2 Å². The van der Waals surface area contributed by atoms with Gasteiger partial charge in [-0.15, -0.1) is 0 Å². The standard InChI is InChI=1S/C17H10BrN3O6/c18-10-2-4-11(5-3-10)20-16(24)12(15(23)19-17(20)25)7-9-1-6-14(22)13(8-9)21(26)27/h1-8,22H,(H,19,23,25)/b12-7-. The zero-order chi connectivity index (χ0) is 19.7. The van der Waals surface area contributed by atoms with Gasteiger partial charge < -0.3 is 5.11 Å².